The molecule has 2 atom stereocenters. The number of rotatable bonds is 3. The Morgan fingerprint density at radius 1 is 1.16 bits per heavy atom. The lowest BCUT2D eigenvalue weighted by Gasteiger charge is -2.35. The maximum Gasteiger partial charge on any atom is 0.222 e. The second kappa shape index (κ2) is 7.28. The maximum atomic E-state index is 12.4. The van der Waals surface area contributed by atoms with Crippen molar-refractivity contribution in [2.24, 2.45) is 11.8 Å². The number of nitrogens with zero attached hydrogens (tertiary/aromatic N) is 1. The summed E-state index contributed by atoms with van der Waals surface area (Å²) in [6.45, 7) is 3.52. The van der Waals surface area contributed by atoms with E-state index in [1.165, 1.54) is 38.5 Å². The van der Waals surface area contributed by atoms with Gasteiger partial charge < -0.3 is 10.0 Å². The van der Waals surface area contributed by atoms with Crippen LogP contribution < -0.4 is 0 Å². The molecule has 1 amide bonds. The highest BCUT2D eigenvalue weighted by Crippen LogP contribution is 2.27. The fourth-order valence-corrected chi connectivity index (χ4v) is 3.57. The first-order valence-electron chi connectivity index (χ1n) is 8.12. The van der Waals surface area contributed by atoms with Crippen LogP contribution in [-0.4, -0.2) is 35.1 Å². The molecule has 110 valence electrons. The van der Waals surface area contributed by atoms with E-state index in [0.717, 1.165) is 32.4 Å². The van der Waals surface area contributed by atoms with Gasteiger partial charge in [-0.2, -0.15) is 0 Å². The fourth-order valence-electron chi connectivity index (χ4n) is 3.57. The monoisotopic (exact) mass is 267 g/mol. The Morgan fingerprint density at radius 2 is 1.84 bits per heavy atom. The lowest BCUT2D eigenvalue weighted by Crippen LogP contribution is -2.43. The van der Waals surface area contributed by atoms with Gasteiger partial charge in [0.05, 0.1) is 6.10 Å². The van der Waals surface area contributed by atoms with Gasteiger partial charge in [0.2, 0.25) is 5.91 Å². The topological polar surface area (TPSA) is 40.5 Å². The molecule has 0 aromatic carbocycles. The second-order valence-corrected chi connectivity index (χ2v) is 6.54. The third-order valence-electron chi connectivity index (χ3n) is 4.93. The van der Waals surface area contributed by atoms with Crippen molar-refractivity contribution in [3.05, 3.63) is 0 Å². The van der Waals surface area contributed by atoms with Gasteiger partial charge in [0, 0.05) is 25.4 Å². The molecule has 19 heavy (non-hydrogen) atoms. The maximum absolute atomic E-state index is 12.4. The Bertz CT molecular complexity index is 282. The van der Waals surface area contributed by atoms with Crippen LogP contribution in [0.3, 0.4) is 0 Å². The van der Waals surface area contributed by atoms with Crippen molar-refractivity contribution in [1.29, 1.82) is 0 Å². The average molecular weight is 267 g/mol. The number of aliphatic hydroxyl groups excluding tert-OH is 1. The minimum atomic E-state index is -0.284. The van der Waals surface area contributed by atoms with Crippen LogP contribution in [0.15, 0.2) is 0 Å². The summed E-state index contributed by atoms with van der Waals surface area (Å²) in [4.78, 5) is 14.4. The van der Waals surface area contributed by atoms with Crippen LogP contribution in [0.4, 0.5) is 0 Å². The third-order valence-corrected chi connectivity index (χ3v) is 4.93. The van der Waals surface area contributed by atoms with Crippen molar-refractivity contribution in [1.82, 2.24) is 4.90 Å². The Hall–Kier alpha value is -0.570. The smallest absolute Gasteiger partial charge is 0.222 e. The Morgan fingerprint density at radius 3 is 2.47 bits per heavy atom. The Kier molecular flexibility index (Phi) is 5.68. The molecule has 3 nitrogen and oxygen atoms in total. The molecular formula is C16H29NO2. The highest BCUT2D eigenvalue weighted by Gasteiger charge is 2.27. The van der Waals surface area contributed by atoms with Crippen LogP contribution in [0.2, 0.25) is 0 Å². The van der Waals surface area contributed by atoms with E-state index >= 15 is 0 Å². The summed E-state index contributed by atoms with van der Waals surface area (Å²) in [5.41, 5.74) is 0. The molecule has 1 N–H and O–H groups in total. The predicted molar refractivity (Wildman–Crippen MR) is 76.8 cm³/mol. The molecule has 0 aromatic rings. The van der Waals surface area contributed by atoms with Crippen molar-refractivity contribution < 1.29 is 9.90 Å². The molecule has 2 fully saturated rings. The molecule has 0 radical (unpaired) electrons. The number of piperidine rings is 1. The van der Waals surface area contributed by atoms with Crippen LogP contribution in [0.1, 0.15) is 64.7 Å². The zero-order valence-corrected chi connectivity index (χ0v) is 12.3. The van der Waals surface area contributed by atoms with Crippen LogP contribution in [0.5, 0.6) is 0 Å². The summed E-state index contributed by atoms with van der Waals surface area (Å²) in [5.74, 6) is 1.23. The Balaban J connectivity index is 1.81. The van der Waals surface area contributed by atoms with Crippen molar-refractivity contribution in [2.45, 2.75) is 70.8 Å². The number of amides is 1. The van der Waals surface area contributed by atoms with Gasteiger partial charge in [-0.05, 0) is 38.5 Å². The highest BCUT2D eigenvalue weighted by molar-refractivity contribution is 5.76. The van der Waals surface area contributed by atoms with Gasteiger partial charge in [0.1, 0.15) is 0 Å². The molecule has 3 heteroatoms. The Labute approximate surface area is 117 Å². The summed E-state index contributed by atoms with van der Waals surface area (Å²) in [5, 5.41) is 9.70. The summed E-state index contributed by atoms with van der Waals surface area (Å²) in [6, 6.07) is 0. The molecule has 0 aromatic heterocycles. The van der Waals surface area contributed by atoms with Gasteiger partial charge in [-0.1, -0.05) is 25.7 Å². The van der Waals surface area contributed by atoms with Crippen molar-refractivity contribution in [3.63, 3.8) is 0 Å². The van der Waals surface area contributed by atoms with E-state index in [2.05, 4.69) is 0 Å². The second-order valence-electron chi connectivity index (χ2n) is 6.54. The minimum Gasteiger partial charge on any atom is -0.393 e. The van der Waals surface area contributed by atoms with Gasteiger partial charge in [0.25, 0.3) is 0 Å². The molecular weight excluding hydrogens is 238 g/mol. The van der Waals surface area contributed by atoms with E-state index < -0.39 is 0 Å². The SMILES string of the molecule is CC(O)C1CCCN(C(=O)CC2CCCCCC2)C1. The zero-order chi connectivity index (χ0) is 13.7. The van der Waals surface area contributed by atoms with Gasteiger partial charge in [-0.3, -0.25) is 4.79 Å². The molecule has 1 aliphatic heterocycles. The quantitative estimate of drug-likeness (QED) is 0.799. The van der Waals surface area contributed by atoms with E-state index in [4.69, 9.17) is 0 Å². The molecule has 2 aliphatic rings. The number of hydrogen-bond donors (Lipinski definition) is 1. The van der Waals surface area contributed by atoms with Crippen LogP contribution in [0.25, 0.3) is 0 Å². The molecule has 2 rings (SSSR count). The number of likely N-dealkylation sites (tertiary alicyclic amines) is 1. The summed E-state index contributed by atoms with van der Waals surface area (Å²) in [6.07, 6.45) is 10.3. The molecule has 0 spiro atoms. The fraction of sp³-hybridized carbons (Fsp3) is 0.938. The van der Waals surface area contributed by atoms with Gasteiger partial charge in [0.15, 0.2) is 0 Å². The number of carbonyl (C=O) groups excluding carboxylic acids is 1. The normalized spacial score (nSPS) is 27.9. The number of aliphatic hydroxyl groups is 1. The van der Waals surface area contributed by atoms with E-state index in [1.807, 2.05) is 11.8 Å². The van der Waals surface area contributed by atoms with E-state index in [9.17, 15) is 9.90 Å². The standard InChI is InChI=1S/C16H29NO2/c1-13(18)15-9-6-10-17(12-15)16(19)11-14-7-4-2-3-5-8-14/h13-15,18H,2-12H2,1H3. The van der Waals surface area contributed by atoms with E-state index in [1.54, 1.807) is 0 Å². The lowest BCUT2D eigenvalue weighted by atomic mass is 9.91. The first-order valence-corrected chi connectivity index (χ1v) is 8.12. The van der Waals surface area contributed by atoms with Gasteiger partial charge >= 0.3 is 0 Å². The molecule has 1 aliphatic carbocycles. The predicted octanol–water partition coefficient (Wildman–Crippen LogP) is 2.97. The van der Waals surface area contributed by atoms with E-state index in [0.29, 0.717) is 11.8 Å². The largest absolute Gasteiger partial charge is 0.393 e. The van der Waals surface area contributed by atoms with Crippen molar-refractivity contribution >= 4 is 5.91 Å². The molecule has 0 bridgehead atoms. The molecule has 1 saturated heterocycles. The zero-order valence-electron chi connectivity index (χ0n) is 12.3. The first kappa shape index (κ1) is 14.8. The lowest BCUT2D eigenvalue weighted by molar-refractivity contribution is -0.134. The number of carbonyl (C=O) groups is 1. The van der Waals surface area contributed by atoms with Crippen LogP contribution in [-0.2, 0) is 4.79 Å². The van der Waals surface area contributed by atoms with Gasteiger partial charge in [-0.15, -0.1) is 0 Å². The average Bonchev–Trinajstić information content (AvgIpc) is 2.67. The molecule has 1 saturated carbocycles. The highest BCUT2D eigenvalue weighted by atomic mass is 16.3. The minimum absolute atomic E-state index is 0.284. The first-order chi connectivity index (χ1) is 9.16. The van der Waals surface area contributed by atoms with E-state index in [-0.39, 0.29) is 12.0 Å². The molecule has 2 unspecified atom stereocenters. The summed E-state index contributed by atoms with van der Waals surface area (Å²) < 4.78 is 0. The van der Waals surface area contributed by atoms with Crippen molar-refractivity contribution in [3.8, 4) is 0 Å². The van der Waals surface area contributed by atoms with Crippen molar-refractivity contribution in [2.75, 3.05) is 13.1 Å². The van der Waals surface area contributed by atoms with Crippen LogP contribution in [0, 0.1) is 11.8 Å². The summed E-state index contributed by atoms with van der Waals surface area (Å²) >= 11 is 0. The van der Waals surface area contributed by atoms with Gasteiger partial charge in [-0.25, -0.2) is 0 Å². The third kappa shape index (κ3) is 4.48. The van der Waals surface area contributed by atoms with Crippen LogP contribution >= 0.6 is 0 Å². The number of hydrogen-bond acceptors (Lipinski definition) is 2. The summed E-state index contributed by atoms with van der Waals surface area (Å²) in [7, 11) is 0. The molecule has 1 heterocycles.